The van der Waals surface area contributed by atoms with E-state index >= 15 is 0 Å². The summed E-state index contributed by atoms with van der Waals surface area (Å²) < 4.78 is 27.2. The Labute approximate surface area is 163 Å². The molecular weight excluding hydrogens is 395 g/mol. The Balaban J connectivity index is 1.77. The summed E-state index contributed by atoms with van der Waals surface area (Å²) in [6.45, 7) is 0.462. The Hall–Kier alpha value is -1.60. The maximum atomic E-state index is 12.9. The standard InChI is InChI=1S/C18H18Cl2N2O3S/c19-14-8-9-16(20)17(11-14)26(24,25)22-10-4-5-13(12-22)18(23)21-15-6-2-1-3-7-15/h1-3,6-9,11,13H,4-5,10,12H2,(H,21,23). The van der Waals surface area contributed by atoms with Gasteiger partial charge in [-0.25, -0.2) is 8.42 Å². The molecule has 3 rings (SSSR count). The van der Waals surface area contributed by atoms with Crippen LogP contribution in [0.5, 0.6) is 0 Å². The fourth-order valence-electron chi connectivity index (χ4n) is 2.95. The molecule has 26 heavy (non-hydrogen) atoms. The van der Waals surface area contributed by atoms with Crippen molar-refractivity contribution in [3.05, 3.63) is 58.6 Å². The van der Waals surface area contributed by atoms with Crippen molar-refractivity contribution in [1.82, 2.24) is 4.31 Å². The van der Waals surface area contributed by atoms with E-state index in [1.165, 1.54) is 22.5 Å². The second-order valence-corrected chi connectivity index (χ2v) is 8.88. The van der Waals surface area contributed by atoms with Crippen molar-refractivity contribution in [2.75, 3.05) is 18.4 Å². The number of benzene rings is 2. The second kappa shape index (κ2) is 7.96. The molecule has 0 aliphatic carbocycles. The van der Waals surface area contributed by atoms with E-state index in [2.05, 4.69) is 5.32 Å². The number of para-hydroxylation sites is 1. The lowest BCUT2D eigenvalue weighted by molar-refractivity contribution is -0.120. The number of carbonyl (C=O) groups excluding carboxylic acids is 1. The van der Waals surface area contributed by atoms with Gasteiger partial charge in [-0.3, -0.25) is 4.79 Å². The van der Waals surface area contributed by atoms with Crippen LogP contribution in [-0.2, 0) is 14.8 Å². The van der Waals surface area contributed by atoms with Crippen LogP contribution in [0.3, 0.4) is 0 Å². The summed E-state index contributed by atoms with van der Waals surface area (Å²) in [5.74, 6) is -0.606. The molecular formula is C18H18Cl2N2O3S. The minimum absolute atomic E-state index is 0.0317. The Morgan fingerprint density at radius 2 is 1.85 bits per heavy atom. The van der Waals surface area contributed by atoms with Crippen LogP contribution in [0, 0.1) is 5.92 Å². The third-order valence-corrected chi connectivity index (χ3v) is 6.89. The number of nitrogens with zero attached hydrogens (tertiary/aromatic N) is 1. The predicted octanol–water partition coefficient (Wildman–Crippen LogP) is 4.03. The normalized spacial score (nSPS) is 18.5. The minimum atomic E-state index is -3.82. The number of hydrogen-bond donors (Lipinski definition) is 1. The van der Waals surface area contributed by atoms with Crippen molar-refractivity contribution < 1.29 is 13.2 Å². The van der Waals surface area contributed by atoms with Crippen LogP contribution in [0.15, 0.2) is 53.4 Å². The Bertz CT molecular complexity index is 904. The van der Waals surface area contributed by atoms with Gasteiger partial charge in [0.15, 0.2) is 0 Å². The zero-order valence-electron chi connectivity index (χ0n) is 13.9. The van der Waals surface area contributed by atoms with Crippen molar-refractivity contribution in [3.8, 4) is 0 Å². The van der Waals surface area contributed by atoms with Crippen LogP contribution < -0.4 is 5.32 Å². The van der Waals surface area contributed by atoms with Gasteiger partial charge >= 0.3 is 0 Å². The number of hydrogen-bond acceptors (Lipinski definition) is 3. The van der Waals surface area contributed by atoms with Gasteiger partial charge in [0.05, 0.1) is 10.9 Å². The maximum absolute atomic E-state index is 12.9. The molecule has 2 aromatic rings. The molecule has 1 unspecified atom stereocenters. The van der Waals surface area contributed by atoms with Gasteiger partial charge < -0.3 is 5.32 Å². The summed E-state index contributed by atoms with van der Waals surface area (Å²) in [5.41, 5.74) is 0.690. The van der Waals surface area contributed by atoms with E-state index in [0.717, 1.165) is 0 Å². The minimum Gasteiger partial charge on any atom is -0.326 e. The highest BCUT2D eigenvalue weighted by molar-refractivity contribution is 7.89. The van der Waals surface area contributed by atoms with E-state index in [-0.39, 0.29) is 22.4 Å². The van der Waals surface area contributed by atoms with Crippen molar-refractivity contribution in [1.29, 1.82) is 0 Å². The fourth-order valence-corrected chi connectivity index (χ4v) is 5.22. The molecule has 1 aliphatic rings. The Kier molecular flexibility index (Phi) is 5.87. The molecule has 0 spiro atoms. The molecule has 2 aromatic carbocycles. The average Bonchev–Trinajstić information content (AvgIpc) is 2.64. The van der Waals surface area contributed by atoms with E-state index in [0.29, 0.717) is 30.1 Å². The highest BCUT2D eigenvalue weighted by Gasteiger charge is 2.34. The Morgan fingerprint density at radius 1 is 1.12 bits per heavy atom. The van der Waals surface area contributed by atoms with Crippen molar-refractivity contribution in [2.24, 2.45) is 5.92 Å². The molecule has 1 saturated heterocycles. The molecule has 0 bridgehead atoms. The molecule has 138 valence electrons. The summed E-state index contributed by atoms with van der Waals surface area (Å²) in [4.78, 5) is 12.5. The van der Waals surface area contributed by atoms with Crippen LogP contribution in [-0.4, -0.2) is 31.7 Å². The molecule has 1 atom stereocenters. The van der Waals surface area contributed by atoms with Crippen LogP contribution in [0.2, 0.25) is 10.0 Å². The van der Waals surface area contributed by atoms with E-state index in [1.807, 2.05) is 18.2 Å². The second-order valence-electron chi connectivity index (χ2n) is 6.13. The fraction of sp³-hybridized carbons (Fsp3) is 0.278. The van der Waals surface area contributed by atoms with Crippen molar-refractivity contribution in [2.45, 2.75) is 17.7 Å². The highest BCUT2D eigenvalue weighted by atomic mass is 35.5. The van der Waals surface area contributed by atoms with Crippen molar-refractivity contribution >= 4 is 44.8 Å². The van der Waals surface area contributed by atoms with E-state index in [1.54, 1.807) is 12.1 Å². The summed E-state index contributed by atoms with van der Waals surface area (Å²) in [5, 5.41) is 3.25. The lowest BCUT2D eigenvalue weighted by Crippen LogP contribution is -2.43. The molecule has 5 nitrogen and oxygen atoms in total. The number of amides is 1. The van der Waals surface area contributed by atoms with Crippen molar-refractivity contribution in [3.63, 3.8) is 0 Å². The van der Waals surface area contributed by atoms with Gasteiger partial charge in [-0.1, -0.05) is 41.4 Å². The number of anilines is 1. The van der Waals surface area contributed by atoms with Gasteiger partial charge in [0.2, 0.25) is 15.9 Å². The van der Waals surface area contributed by atoms with Gasteiger partial charge in [0, 0.05) is 23.8 Å². The predicted molar refractivity (Wildman–Crippen MR) is 103 cm³/mol. The number of nitrogens with one attached hydrogen (secondary N) is 1. The third-order valence-electron chi connectivity index (χ3n) is 4.31. The molecule has 1 heterocycles. The topological polar surface area (TPSA) is 66.5 Å². The van der Waals surface area contributed by atoms with Gasteiger partial charge in [0.25, 0.3) is 0 Å². The summed E-state index contributed by atoms with van der Waals surface area (Å²) in [6, 6.07) is 13.4. The Morgan fingerprint density at radius 3 is 2.58 bits per heavy atom. The molecule has 1 aliphatic heterocycles. The number of piperidine rings is 1. The van der Waals surface area contributed by atoms with Gasteiger partial charge in [0.1, 0.15) is 4.90 Å². The van der Waals surface area contributed by atoms with Gasteiger partial charge in [-0.05, 0) is 43.2 Å². The molecule has 0 saturated carbocycles. The highest BCUT2D eigenvalue weighted by Crippen LogP contribution is 2.30. The molecule has 0 radical (unpaired) electrons. The smallest absolute Gasteiger partial charge is 0.244 e. The number of carbonyl (C=O) groups is 1. The average molecular weight is 413 g/mol. The third kappa shape index (κ3) is 4.20. The van der Waals surface area contributed by atoms with Gasteiger partial charge in [-0.2, -0.15) is 4.31 Å². The zero-order valence-corrected chi connectivity index (χ0v) is 16.2. The molecule has 1 amide bonds. The number of halogens is 2. The molecule has 0 aromatic heterocycles. The van der Waals surface area contributed by atoms with E-state index < -0.39 is 15.9 Å². The first-order valence-electron chi connectivity index (χ1n) is 8.19. The summed E-state index contributed by atoms with van der Waals surface area (Å²) in [7, 11) is -3.82. The van der Waals surface area contributed by atoms with Crippen LogP contribution in [0.4, 0.5) is 5.69 Å². The van der Waals surface area contributed by atoms with Crippen LogP contribution >= 0.6 is 23.2 Å². The number of rotatable bonds is 4. The molecule has 1 N–H and O–H groups in total. The lowest BCUT2D eigenvalue weighted by atomic mass is 9.99. The first kappa shape index (κ1) is 19.2. The van der Waals surface area contributed by atoms with E-state index in [4.69, 9.17) is 23.2 Å². The quantitative estimate of drug-likeness (QED) is 0.823. The molecule has 1 fully saturated rings. The SMILES string of the molecule is O=C(Nc1ccccc1)C1CCCN(S(=O)(=O)c2cc(Cl)ccc2Cl)C1. The lowest BCUT2D eigenvalue weighted by Gasteiger charge is -2.31. The van der Waals surface area contributed by atoms with Crippen LogP contribution in [0.25, 0.3) is 0 Å². The largest absolute Gasteiger partial charge is 0.326 e. The summed E-state index contributed by atoms with van der Waals surface area (Å²) >= 11 is 12.0. The summed E-state index contributed by atoms with van der Waals surface area (Å²) in [6.07, 6.45) is 1.23. The van der Waals surface area contributed by atoms with E-state index in [9.17, 15) is 13.2 Å². The van der Waals surface area contributed by atoms with Crippen LogP contribution in [0.1, 0.15) is 12.8 Å². The monoisotopic (exact) mass is 412 g/mol. The molecule has 8 heteroatoms. The first-order chi connectivity index (χ1) is 12.4. The zero-order chi connectivity index (χ0) is 18.7. The number of sulfonamides is 1. The first-order valence-corrected chi connectivity index (χ1v) is 10.4. The van der Waals surface area contributed by atoms with Gasteiger partial charge in [-0.15, -0.1) is 0 Å². The maximum Gasteiger partial charge on any atom is 0.244 e.